The number of carboxylic acid groups (broad SMARTS) is 2. The van der Waals surface area contributed by atoms with Crippen molar-refractivity contribution < 1.29 is 39.5 Å². The van der Waals surface area contributed by atoms with Crippen molar-refractivity contribution in [1.82, 2.24) is 5.32 Å². The first-order chi connectivity index (χ1) is 14.3. The molecule has 1 aliphatic heterocycles. The van der Waals surface area contributed by atoms with E-state index in [1.54, 1.807) is 0 Å². The Morgan fingerprint density at radius 2 is 1.43 bits per heavy atom. The molecule has 2 unspecified atom stereocenters. The number of benzene rings is 2. The highest BCUT2D eigenvalue weighted by Crippen LogP contribution is 2.17. The van der Waals surface area contributed by atoms with Gasteiger partial charge in [0.05, 0.1) is 0 Å². The molecule has 1 heterocycles. The van der Waals surface area contributed by atoms with Crippen molar-refractivity contribution >= 4 is 17.9 Å². The minimum atomic E-state index is -2.27. The minimum Gasteiger partial charge on any atom is -0.479 e. The first kappa shape index (κ1) is 23.0. The fraction of sp³-hybridized carbons (Fsp3) is 0.286. The summed E-state index contributed by atoms with van der Waals surface area (Å²) >= 11 is 0. The summed E-state index contributed by atoms with van der Waals surface area (Å²) in [5.41, 5.74) is 3.50. The van der Waals surface area contributed by atoms with Gasteiger partial charge in [0, 0.05) is 6.54 Å². The first-order valence-corrected chi connectivity index (χ1v) is 9.12. The molecule has 0 radical (unpaired) electrons. The summed E-state index contributed by atoms with van der Waals surface area (Å²) in [5.74, 6) is -3.71. The van der Waals surface area contributed by atoms with Crippen LogP contribution in [0.5, 0.6) is 0 Å². The van der Waals surface area contributed by atoms with E-state index in [0.29, 0.717) is 13.0 Å². The number of carboxylic acids is 2. The van der Waals surface area contributed by atoms with E-state index in [1.807, 2.05) is 42.5 Å². The zero-order valence-electron chi connectivity index (χ0n) is 16.0. The van der Waals surface area contributed by atoms with Crippen LogP contribution in [0.1, 0.15) is 16.7 Å². The maximum Gasteiger partial charge on any atom is 0.335 e. The summed E-state index contributed by atoms with van der Waals surface area (Å²) < 4.78 is 5.38. The van der Waals surface area contributed by atoms with Crippen LogP contribution in [-0.4, -0.2) is 56.6 Å². The number of aliphatic hydroxyl groups excluding tert-OH is 2. The number of aliphatic hydroxyl groups is 2. The third-order valence-electron chi connectivity index (χ3n) is 4.39. The number of carbonyl (C=O) groups is 3. The van der Waals surface area contributed by atoms with Gasteiger partial charge in [-0.3, -0.25) is 4.79 Å². The van der Waals surface area contributed by atoms with E-state index in [9.17, 15) is 14.4 Å². The molecule has 0 fully saturated rings. The largest absolute Gasteiger partial charge is 0.479 e. The Morgan fingerprint density at radius 3 is 2.00 bits per heavy atom. The van der Waals surface area contributed by atoms with Gasteiger partial charge in [-0.15, -0.1) is 0 Å². The zero-order valence-corrected chi connectivity index (χ0v) is 16.0. The number of aliphatic carboxylic acids is 2. The second-order valence-corrected chi connectivity index (χ2v) is 6.57. The van der Waals surface area contributed by atoms with E-state index >= 15 is 0 Å². The fourth-order valence-electron chi connectivity index (χ4n) is 2.72. The van der Waals surface area contributed by atoms with Crippen LogP contribution in [0, 0.1) is 0 Å². The standard InChI is InChI=1S/C17H17NO2.C4H6O6/c19-17(20-12-13-6-2-1-3-7-13)16-10-14-8-4-5-9-15(14)11-18-16;5-1(3(7)8)2(6)4(9)10/h1-9,16,18H,10-12H2;1-2,5-6H,(H,7,8)(H,9,10)/t16-;/m0./s1. The number of nitrogens with one attached hydrogen (secondary N) is 1. The molecule has 0 aliphatic carbocycles. The van der Waals surface area contributed by atoms with Gasteiger partial charge < -0.3 is 30.5 Å². The summed E-state index contributed by atoms with van der Waals surface area (Å²) in [7, 11) is 0. The molecule has 2 aromatic rings. The van der Waals surface area contributed by atoms with E-state index in [-0.39, 0.29) is 12.0 Å². The molecule has 0 spiro atoms. The van der Waals surface area contributed by atoms with Crippen molar-refractivity contribution in [3.8, 4) is 0 Å². The molecule has 9 heteroatoms. The van der Waals surface area contributed by atoms with Crippen molar-refractivity contribution in [3.05, 3.63) is 71.3 Å². The molecular weight excluding hydrogens is 394 g/mol. The number of hydrogen-bond acceptors (Lipinski definition) is 7. The molecule has 0 bridgehead atoms. The molecule has 30 heavy (non-hydrogen) atoms. The third kappa shape index (κ3) is 6.66. The summed E-state index contributed by atoms with van der Waals surface area (Å²) in [6.07, 6.45) is -3.83. The molecule has 0 saturated heterocycles. The van der Waals surface area contributed by atoms with Crippen LogP contribution in [0.25, 0.3) is 0 Å². The van der Waals surface area contributed by atoms with Crippen LogP contribution in [0.2, 0.25) is 0 Å². The van der Waals surface area contributed by atoms with Gasteiger partial charge in [-0.1, -0.05) is 54.6 Å². The summed E-state index contributed by atoms with van der Waals surface area (Å²) in [6.45, 7) is 1.06. The molecule has 2 aromatic carbocycles. The molecule has 1 aliphatic rings. The van der Waals surface area contributed by atoms with Crippen LogP contribution in [0.4, 0.5) is 0 Å². The highest BCUT2D eigenvalue weighted by Gasteiger charge is 2.29. The molecule has 9 nitrogen and oxygen atoms in total. The lowest BCUT2D eigenvalue weighted by atomic mass is 9.96. The molecule has 5 N–H and O–H groups in total. The van der Waals surface area contributed by atoms with Crippen molar-refractivity contribution in [1.29, 1.82) is 0 Å². The molecule has 0 aromatic heterocycles. The van der Waals surface area contributed by atoms with Crippen LogP contribution in [0.15, 0.2) is 54.6 Å². The Kier molecular flexibility index (Phi) is 8.48. The number of ether oxygens (including phenoxy) is 1. The van der Waals surface area contributed by atoms with Gasteiger partial charge in [-0.2, -0.15) is 0 Å². The Labute approximate surface area is 172 Å². The van der Waals surface area contributed by atoms with Crippen molar-refractivity contribution in [3.63, 3.8) is 0 Å². The Balaban J connectivity index is 0.000000274. The van der Waals surface area contributed by atoms with E-state index in [1.165, 1.54) is 11.1 Å². The number of hydrogen-bond donors (Lipinski definition) is 5. The molecule has 160 valence electrons. The second kappa shape index (κ2) is 11.1. The second-order valence-electron chi connectivity index (χ2n) is 6.57. The van der Waals surface area contributed by atoms with E-state index < -0.39 is 24.1 Å². The van der Waals surface area contributed by atoms with Crippen LogP contribution < -0.4 is 5.32 Å². The number of esters is 1. The summed E-state index contributed by atoms with van der Waals surface area (Å²) in [6, 6.07) is 17.7. The Hall–Kier alpha value is -3.27. The smallest absolute Gasteiger partial charge is 0.335 e. The lowest BCUT2D eigenvalue weighted by Gasteiger charge is -2.24. The fourth-order valence-corrected chi connectivity index (χ4v) is 2.72. The summed E-state index contributed by atoms with van der Waals surface area (Å²) in [4.78, 5) is 31.6. The average Bonchev–Trinajstić information content (AvgIpc) is 2.77. The third-order valence-corrected chi connectivity index (χ3v) is 4.39. The highest BCUT2D eigenvalue weighted by atomic mass is 16.5. The quantitative estimate of drug-likeness (QED) is 0.418. The first-order valence-electron chi connectivity index (χ1n) is 9.12. The monoisotopic (exact) mass is 417 g/mol. The Morgan fingerprint density at radius 1 is 0.900 bits per heavy atom. The van der Waals surface area contributed by atoms with Gasteiger partial charge in [0.15, 0.2) is 12.2 Å². The Bertz CT molecular complexity index is 852. The predicted molar refractivity (Wildman–Crippen MR) is 104 cm³/mol. The number of fused-ring (bicyclic) bond motifs is 1. The highest BCUT2D eigenvalue weighted by molar-refractivity contribution is 5.83. The molecule has 3 rings (SSSR count). The number of carbonyl (C=O) groups excluding carboxylic acids is 1. The average molecular weight is 417 g/mol. The maximum atomic E-state index is 12.1. The SMILES string of the molecule is O=C(O)C(O)C(O)C(=O)O.O=C(OCc1ccccc1)[C@@H]1Cc2ccccc2CN1. The minimum absolute atomic E-state index is 0.177. The van der Waals surface area contributed by atoms with Gasteiger partial charge in [-0.05, 0) is 23.1 Å². The lowest BCUT2D eigenvalue weighted by molar-refractivity contribution is -0.165. The van der Waals surface area contributed by atoms with Crippen LogP contribution >= 0.6 is 0 Å². The number of rotatable bonds is 6. The van der Waals surface area contributed by atoms with Crippen LogP contribution in [0.3, 0.4) is 0 Å². The molecular formula is C21H23NO8. The van der Waals surface area contributed by atoms with Crippen molar-refractivity contribution in [2.75, 3.05) is 0 Å². The molecule has 0 amide bonds. The van der Waals surface area contributed by atoms with Gasteiger partial charge >= 0.3 is 17.9 Å². The lowest BCUT2D eigenvalue weighted by Crippen LogP contribution is -2.42. The van der Waals surface area contributed by atoms with Crippen molar-refractivity contribution in [2.24, 2.45) is 0 Å². The van der Waals surface area contributed by atoms with E-state index in [4.69, 9.17) is 25.2 Å². The maximum absolute atomic E-state index is 12.1. The molecule has 3 atom stereocenters. The topological polar surface area (TPSA) is 153 Å². The normalized spacial score (nSPS) is 16.8. The zero-order chi connectivity index (χ0) is 22.1. The van der Waals surface area contributed by atoms with Gasteiger partial charge in [0.1, 0.15) is 12.6 Å². The van der Waals surface area contributed by atoms with Gasteiger partial charge in [0.25, 0.3) is 0 Å². The van der Waals surface area contributed by atoms with E-state index in [2.05, 4.69) is 17.4 Å². The van der Waals surface area contributed by atoms with E-state index in [0.717, 1.165) is 12.1 Å². The van der Waals surface area contributed by atoms with Gasteiger partial charge in [0.2, 0.25) is 0 Å². The summed E-state index contributed by atoms with van der Waals surface area (Å²) in [5, 5.41) is 35.8. The predicted octanol–water partition coefficient (Wildman–Crippen LogP) is 0.322. The molecule has 0 saturated carbocycles. The van der Waals surface area contributed by atoms with Crippen LogP contribution in [-0.2, 0) is 38.7 Å². The van der Waals surface area contributed by atoms with Crippen molar-refractivity contribution in [2.45, 2.75) is 37.8 Å². The van der Waals surface area contributed by atoms with Gasteiger partial charge in [-0.25, -0.2) is 9.59 Å².